The van der Waals surface area contributed by atoms with E-state index in [0.29, 0.717) is 5.56 Å². The average molecular weight is 397 g/mol. The van der Waals surface area contributed by atoms with Crippen molar-refractivity contribution in [2.75, 3.05) is 13.2 Å². The molecule has 0 radical (unpaired) electrons. The van der Waals surface area contributed by atoms with Crippen LogP contribution in [0.25, 0.3) is 0 Å². The van der Waals surface area contributed by atoms with Crippen molar-refractivity contribution >= 4 is 33.9 Å². The molecule has 1 heterocycles. The first-order valence-corrected chi connectivity index (χ1v) is 8.12. The average Bonchev–Trinajstić information content (AvgIpc) is 2.52. The third-order valence-corrected chi connectivity index (χ3v) is 3.82. The molecule has 0 aliphatic carbocycles. The lowest BCUT2D eigenvalue weighted by Crippen LogP contribution is -2.50. The lowest BCUT2D eigenvalue weighted by atomic mass is 10.0. The van der Waals surface area contributed by atoms with Crippen molar-refractivity contribution in [1.82, 2.24) is 10.6 Å². The number of hydrogen-bond acceptors (Lipinski definition) is 5. The van der Waals surface area contributed by atoms with Gasteiger partial charge in [-0.2, -0.15) is 0 Å². The van der Waals surface area contributed by atoms with Gasteiger partial charge in [-0.05, 0) is 38.1 Å². The smallest absolute Gasteiger partial charge is 0.338 e. The number of amides is 2. The van der Waals surface area contributed by atoms with Crippen LogP contribution in [-0.4, -0.2) is 37.2 Å². The summed E-state index contributed by atoms with van der Waals surface area (Å²) in [7, 11) is 0. The van der Waals surface area contributed by atoms with Crippen LogP contribution in [-0.2, 0) is 14.3 Å². The standard InChI is InChI=1S/C16H17BrN2O5/c1-3-23-15(21)13-9(2)18-16(22)19-12(13)8-24-14(20)10-4-6-11(17)7-5-10/h4-7,9H,3,8H2,1-2H3,(H2,18,19,22). The van der Waals surface area contributed by atoms with Gasteiger partial charge in [0.25, 0.3) is 0 Å². The van der Waals surface area contributed by atoms with Gasteiger partial charge in [0.05, 0.1) is 29.5 Å². The molecular formula is C16H17BrN2O5. The molecule has 0 saturated heterocycles. The quantitative estimate of drug-likeness (QED) is 0.743. The highest BCUT2D eigenvalue weighted by molar-refractivity contribution is 9.10. The van der Waals surface area contributed by atoms with E-state index in [1.54, 1.807) is 38.1 Å². The number of halogens is 1. The Morgan fingerprint density at radius 3 is 2.46 bits per heavy atom. The lowest BCUT2D eigenvalue weighted by molar-refractivity contribution is -0.139. The highest BCUT2D eigenvalue weighted by Gasteiger charge is 2.30. The van der Waals surface area contributed by atoms with Crippen LogP contribution in [0.1, 0.15) is 24.2 Å². The summed E-state index contributed by atoms with van der Waals surface area (Å²) in [4.78, 5) is 35.7. The number of ether oxygens (including phenoxy) is 2. The van der Waals surface area contributed by atoms with E-state index in [1.807, 2.05) is 0 Å². The number of nitrogens with one attached hydrogen (secondary N) is 2. The van der Waals surface area contributed by atoms with Crippen molar-refractivity contribution in [3.8, 4) is 0 Å². The summed E-state index contributed by atoms with van der Waals surface area (Å²) in [6.45, 7) is 3.31. The Kier molecular flexibility index (Phi) is 5.97. The summed E-state index contributed by atoms with van der Waals surface area (Å²) in [5.41, 5.74) is 0.819. The molecule has 2 rings (SSSR count). The monoisotopic (exact) mass is 396 g/mol. The van der Waals surface area contributed by atoms with Gasteiger partial charge in [-0.1, -0.05) is 15.9 Å². The summed E-state index contributed by atoms with van der Waals surface area (Å²) in [5, 5.41) is 5.07. The van der Waals surface area contributed by atoms with Gasteiger partial charge in [-0.3, -0.25) is 0 Å². The second kappa shape index (κ2) is 7.96. The van der Waals surface area contributed by atoms with Crippen LogP contribution in [0.15, 0.2) is 40.0 Å². The molecular weight excluding hydrogens is 380 g/mol. The van der Waals surface area contributed by atoms with Gasteiger partial charge in [0.1, 0.15) is 6.61 Å². The summed E-state index contributed by atoms with van der Waals surface area (Å²) < 4.78 is 11.0. The van der Waals surface area contributed by atoms with Crippen LogP contribution in [0, 0.1) is 0 Å². The third kappa shape index (κ3) is 4.35. The minimum Gasteiger partial charge on any atom is -0.463 e. The summed E-state index contributed by atoms with van der Waals surface area (Å²) in [6, 6.07) is 5.64. The van der Waals surface area contributed by atoms with E-state index in [0.717, 1.165) is 4.47 Å². The summed E-state index contributed by atoms with van der Waals surface area (Å²) in [6.07, 6.45) is 0. The van der Waals surface area contributed by atoms with Crippen molar-refractivity contribution in [3.05, 3.63) is 45.6 Å². The molecule has 24 heavy (non-hydrogen) atoms. The van der Waals surface area contributed by atoms with Crippen LogP contribution in [0.2, 0.25) is 0 Å². The Bertz CT molecular complexity index is 684. The maximum Gasteiger partial charge on any atom is 0.338 e. The van der Waals surface area contributed by atoms with Crippen molar-refractivity contribution in [1.29, 1.82) is 0 Å². The van der Waals surface area contributed by atoms with Gasteiger partial charge < -0.3 is 20.1 Å². The van der Waals surface area contributed by atoms with Crippen LogP contribution < -0.4 is 10.6 Å². The number of esters is 2. The van der Waals surface area contributed by atoms with E-state index in [2.05, 4.69) is 26.6 Å². The van der Waals surface area contributed by atoms with E-state index in [9.17, 15) is 14.4 Å². The fraction of sp³-hybridized carbons (Fsp3) is 0.312. The predicted molar refractivity (Wildman–Crippen MR) is 89.2 cm³/mol. The van der Waals surface area contributed by atoms with E-state index in [-0.39, 0.29) is 24.5 Å². The number of hydrogen-bond donors (Lipinski definition) is 2. The zero-order chi connectivity index (χ0) is 17.7. The Morgan fingerprint density at radius 1 is 1.17 bits per heavy atom. The maximum absolute atomic E-state index is 12.1. The minimum atomic E-state index is -0.563. The van der Waals surface area contributed by atoms with Crippen LogP contribution >= 0.6 is 15.9 Å². The normalized spacial score (nSPS) is 17.0. The molecule has 1 atom stereocenters. The zero-order valence-electron chi connectivity index (χ0n) is 13.2. The molecule has 8 heteroatoms. The minimum absolute atomic E-state index is 0.203. The van der Waals surface area contributed by atoms with E-state index < -0.39 is 24.0 Å². The number of benzene rings is 1. The molecule has 1 unspecified atom stereocenters. The van der Waals surface area contributed by atoms with Crippen molar-refractivity contribution < 1.29 is 23.9 Å². The van der Waals surface area contributed by atoms with E-state index in [1.165, 1.54) is 0 Å². The van der Waals surface area contributed by atoms with Crippen molar-refractivity contribution in [3.63, 3.8) is 0 Å². The van der Waals surface area contributed by atoms with Crippen LogP contribution in [0.3, 0.4) is 0 Å². The molecule has 0 saturated carbocycles. The first kappa shape index (κ1) is 18.0. The second-order valence-corrected chi connectivity index (χ2v) is 5.93. The van der Waals surface area contributed by atoms with E-state index >= 15 is 0 Å². The molecule has 7 nitrogen and oxygen atoms in total. The van der Waals surface area contributed by atoms with E-state index in [4.69, 9.17) is 9.47 Å². The zero-order valence-corrected chi connectivity index (χ0v) is 14.8. The Hall–Kier alpha value is -2.35. The maximum atomic E-state index is 12.1. The molecule has 128 valence electrons. The number of urea groups is 1. The van der Waals surface area contributed by atoms with Gasteiger partial charge in [0.2, 0.25) is 0 Å². The fourth-order valence-corrected chi connectivity index (χ4v) is 2.46. The van der Waals surface area contributed by atoms with Gasteiger partial charge in [0.15, 0.2) is 0 Å². The Morgan fingerprint density at radius 2 is 1.83 bits per heavy atom. The van der Waals surface area contributed by atoms with Gasteiger partial charge in [0, 0.05) is 4.47 Å². The largest absolute Gasteiger partial charge is 0.463 e. The second-order valence-electron chi connectivity index (χ2n) is 5.02. The number of carbonyl (C=O) groups excluding carboxylic acids is 3. The fourth-order valence-electron chi connectivity index (χ4n) is 2.20. The number of rotatable bonds is 5. The van der Waals surface area contributed by atoms with Crippen LogP contribution in [0.5, 0.6) is 0 Å². The Labute approximate surface area is 147 Å². The molecule has 2 N–H and O–H groups in total. The lowest BCUT2D eigenvalue weighted by Gasteiger charge is -2.26. The van der Waals surface area contributed by atoms with Gasteiger partial charge in [-0.25, -0.2) is 14.4 Å². The SMILES string of the molecule is CCOC(=O)C1=C(COC(=O)c2ccc(Br)cc2)NC(=O)NC1C. The highest BCUT2D eigenvalue weighted by Crippen LogP contribution is 2.16. The molecule has 1 aromatic rings. The third-order valence-electron chi connectivity index (χ3n) is 3.29. The topological polar surface area (TPSA) is 93.7 Å². The molecule has 1 aromatic carbocycles. The first-order valence-electron chi connectivity index (χ1n) is 7.32. The van der Waals surface area contributed by atoms with Crippen molar-refractivity contribution in [2.45, 2.75) is 19.9 Å². The molecule has 0 aromatic heterocycles. The predicted octanol–water partition coefficient (Wildman–Crippen LogP) is 2.12. The van der Waals surface area contributed by atoms with Crippen LogP contribution in [0.4, 0.5) is 4.79 Å². The molecule has 2 amide bonds. The highest BCUT2D eigenvalue weighted by atomic mass is 79.9. The molecule has 1 aliphatic rings. The van der Waals surface area contributed by atoms with Gasteiger partial charge in [-0.15, -0.1) is 0 Å². The molecule has 0 fully saturated rings. The van der Waals surface area contributed by atoms with Crippen molar-refractivity contribution in [2.24, 2.45) is 0 Å². The molecule has 0 bridgehead atoms. The summed E-state index contributed by atoms with van der Waals surface area (Å²) >= 11 is 3.28. The molecule has 1 aliphatic heterocycles. The summed E-state index contributed by atoms with van der Waals surface area (Å²) in [5.74, 6) is -1.12. The van der Waals surface area contributed by atoms with Gasteiger partial charge >= 0.3 is 18.0 Å². The Balaban J connectivity index is 2.15. The number of carbonyl (C=O) groups is 3. The molecule has 0 spiro atoms. The first-order chi connectivity index (χ1) is 11.4.